The van der Waals surface area contributed by atoms with Crippen LogP contribution in [0.2, 0.25) is 0 Å². The van der Waals surface area contributed by atoms with Gasteiger partial charge in [-0.25, -0.2) is 0 Å². The van der Waals surface area contributed by atoms with E-state index in [0.29, 0.717) is 6.54 Å². The van der Waals surface area contributed by atoms with E-state index in [4.69, 9.17) is 4.74 Å². The highest BCUT2D eigenvalue weighted by molar-refractivity contribution is 5.71. The van der Waals surface area contributed by atoms with Gasteiger partial charge < -0.3 is 15.0 Å². The van der Waals surface area contributed by atoms with Crippen LogP contribution >= 0.6 is 0 Å². The summed E-state index contributed by atoms with van der Waals surface area (Å²) in [7, 11) is 4.25. The van der Waals surface area contributed by atoms with Gasteiger partial charge >= 0.3 is 5.97 Å². The van der Waals surface area contributed by atoms with Crippen molar-refractivity contribution >= 4 is 5.97 Å². The molecule has 0 aliphatic heterocycles. The fraction of sp³-hybridized carbons (Fsp3) is 0.923. The first-order valence-electron chi connectivity index (χ1n) is 6.54. The Morgan fingerprint density at radius 2 is 1.94 bits per heavy atom. The van der Waals surface area contributed by atoms with Gasteiger partial charge in [0.05, 0.1) is 12.6 Å². The predicted molar refractivity (Wildman–Crippen MR) is 69.0 cm³/mol. The molecule has 0 bridgehead atoms. The first-order chi connectivity index (χ1) is 7.96. The van der Waals surface area contributed by atoms with Gasteiger partial charge in [-0.05, 0) is 40.8 Å². The van der Waals surface area contributed by atoms with Crippen LogP contribution in [0.25, 0.3) is 0 Å². The van der Waals surface area contributed by atoms with Crippen molar-refractivity contribution in [3.8, 4) is 0 Å². The smallest absolute Gasteiger partial charge is 0.320 e. The van der Waals surface area contributed by atoms with E-state index in [-0.39, 0.29) is 17.6 Å². The molecule has 0 saturated heterocycles. The van der Waals surface area contributed by atoms with Gasteiger partial charge in [0, 0.05) is 12.1 Å². The molecular weight excluding hydrogens is 216 g/mol. The number of carbonyl (C=O) groups excluding carboxylic acids is 1. The first kappa shape index (κ1) is 14.5. The summed E-state index contributed by atoms with van der Waals surface area (Å²) in [6.45, 7) is 4.92. The predicted octanol–water partition coefficient (Wildman–Crippen LogP) is 1.40. The number of likely N-dealkylation sites (N-methyl/N-ethyl adjacent to an activating group) is 1. The second kappa shape index (κ2) is 6.36. The van der Waals surface area contributed by atoms with Crippen LogP contribution in [0.5, 0.6) is 0 Å². The Balaban J connectivity index is 2.31. The summed E-state index contributed by atoms with van der Waals surface area (Å²) < 4.78 is 5.09. The van der Waals surface area contributed by atoms with E-state index in [1.807, 2.05) is 13.8 Å². The van der Waals surface area contributed by atoms with Gasteiger partial charge in [-0.1, -0.05) is 12.8 Å². The molecule has 0 heterocycles. The zero-order valence-electron chi connectivity index (χ0n) is 11.6. The molecule has 1 N–H and O–H groups in total. The molecule has 0 unspecified atom stereocenters. The van der Waals surface area contributed by atoms with Gasteiger partial charge in [-0.3, -0.25) is 4.79 Å². The quantitative estimate of drug-likeness (QED) is 0.715. The monoisotopic (exact) mass is 242 g/mol. The molecular formula is C13H26N2O2. The fourth-order valence-electron chi connectivity index (χ4n) is 2.52. The number of carbonyl (C=O) groups is 1. The number of esters is 1. The topological polar surface area (TPSA) is 41.6 Å². The van der Waals surface area contributed by atoms with Crippen LogP contribution in [0.1, 0.15) is 39.5 Å². The molecule has 4 nitrogen and oxygen atoms in total. The minimum Gasteiger partial charge on any atom is -0.462 e. The summed E-state index contributed by atoms with van der Waals surface area (Å²) in [5.41, 5.74) is 0.234. The molecule has 100 valence electrons. The van der Waals surface area contributed by atoms with Crippen LogP contribution in [0.3, 0.4) is 0 Å². The molecule has 0 aromatic rings. The van der Waals surface area contributed by atoms with Gasteiger partial charge in [-0.15, -0.1) is 0 Å². The number of rotatable bonds is 6. The largest absolute Gasteiger partial charge is 0.462 e. The molecule has 1 aliphatic carbocycles. The lowest BCUT2D eigenvalue weighted by atomic mass is 9.96. The molecule has 0 atom stereocenters. The van der Waals surface area contributed by atoms with Crippen molar-refractivity contribution in [3.63, 3.8) is 0 Å². The number of hydrogen-bond acceptors (Lipinski definition) is 4. The minimum absolute atomic E-state index is 0.0291. The summed E-state index contributed by atoms with van der Waals surface area (Å²) in [4.78, 5) is 13.7. The molecule has 1 rings (SSSR count). The Morgan fingerprint density at radius 1 is 1.35 bits per heavy atom. The van der Waals surface area contributed by atoms with Gasteiger partial charge in [0.25, 0.3) is 0 Å². The van der Waals surface area contributed by atoms with E-state index in [0.717, 1.165) is 6.54 Å². The van der Waals surface area contributed by atoms with Crippen LogP contribution in [0, 0.1) is 0 Å². The molecule has 17 heavy (non-hydrogen) atoms. The highest BCUT2D eigenvalue weighted by Crippen LogP contribution is 2.32. The van der Waals surface area contributed by atoms with Crippen molar-refractivity contribution in [2.75, 3.05) is 27.2 Å². The number of ether oxygens (including phenoxy) is 1. The third-order valence-corrected chi connectivity index (χ3v) is 3.57. The lowest BCUT2D eigenvalue weighted by Gasteiger charge is -2.36. The second-order valence-electron chi connectivity index (χ2n) is 5.47. The summed E-state index contributed by atoms with van der Waals surface area (Å²) in [6.07, 6.45) is 4.98. The van der Waals surface area contributed by atoms with Crippen molar-refractivity contribution < 1.29 is 9.53 Å². The van der Waals surface area contributed by atoms with Crippen molar-refractivity contribution in [2.45, 2.75) is 51.2 Å². The summed E-state index contributed by atoms with van der Waals surface area (Å²) in [6, 6.07) is 0. The van der Waals surface area contributed by atoms with E-state index < -0.39 is 0 Å². The highest BCUT2D eigenvalue weighted by Gasteiger charge is 2.35. The number of nitrogens with one attached hydrogen (secondary N) is 1. The molecule has 4 heteroatoms. The maximum absolute atomic E-state index is 11.4. The first-order valence-corrected chi connectivity index (χ1v) is 6.54. The maximum atomic E-state index is 11.4. The summed E-state index contributed by atoms with van der Waals surface area (Å²) >= 11 is 0. The van der Waals surface area contributed by atoms with Gasteiger partial charge in [0.15, 0.2) is 0 Å². The minimum atomic E-state index is -0.160. The number of nitrogens with zero attached hydrogens (tertiary/aromatic N) is 1. The lowest BCUT2D eigenvalue weighted by molar-refractivity contribution is -0.146. The standard InChI is InChI=1S/C13H26N2O2/c1-11(2)17-12(16)9-14-10-13(15(3)4)7-5-6-8-13/h11,14H,5-10H2,1-4H3. The van der Waals surface area contributed by atoms with Crippen molar-refractivity contribution in [2.24, 2.45) is 0 Å². The zero-order chi connectivity index (χ0) is 12.9. The zero-order valence-corrected chi connectivity index (χ0v) is 11.6. The van der Waals surface area contributed by atoms with Crippen LogP contribution in [-0.2, 0) is 9.53 Å². The molecule has 0 aromatic heterocycles. The highest BCUT2D eigenvalue weighted by atomic mass is 16.5. The van der Waals surface area contributed by atoms with Gasteiger partial charge in [-0.2, -0.15) is 0 Å². The Hall–Kier alpha value is -0.610. The van der Waals surface area contributed by atoms with Crippen molar-refractivity contribution in [1.29, 1.82) is 0 Å². The van der Waals surface area contributed by atoms with Gasteiger partial charge in [0.1, 0.15) is 0 Å². The lowest BCUT2D eigenvalue weighted by Crippen LogP contribution is -2.50. The summed E-state index contributed by atoms with van der Waals surface area (Å²) in [5.74, 6) is -0.160. The third kappa shape index (κ3) is 4.28. The molecule has 1 aliphatic rings. The third-order valence-electron chi connectivity index (χ3n) is 3.57. The Labute approximate surface area is 105 Å². The molecule has 0 radical (unpaired) electrons. The average Bonchev–Trinajstić information content (AvgIpc) is 2.66. The van der Waals surface area contributed by atoms with E-state index in [9.17, 15) is 4.79 Å². The molecule has 0 amide bonds. The van der Waals surface area contributed by atoms with Crippen LogP contribution in [0.15, 0.2) is 0 Å². The molecule has 0 spiro atoms. The molecule has 1 saturated carbocycles. The van der Waals surface area contributed by atoms with Crippen LogP contribution < -0.4 is 5.32 Å². The Bertz CT molecular complexity index is 246. The Kier molecular flexibility index (Phi) is 5.40. The Morgan fingerprint density at radius 3 is 2.41 bits per heavy atom. The normalized spacial score (nSPS) is 18.9. The molecule has 1 fully saturated rings. The van der Waals surface area contributed by atoms with E-state index in [1.54, 1.807) is 0 Å². The number of hydrogen-bond donors (Lipinski definition) is 1. The van der Waals surface area contributed by atoms with Crippen molar-refractivity contribution in [1.82, 2.24) is 10.2 Å². The van der Waals surface area contributed by atoms with E-state index in [1.165, 1.54) is 25.7 Å². The SMILES string of the molecule is CC(C)OC(=O)CNCC1(N(C)C)CCCC1. The van der Waals surface area contributed by atoms with E-state index in [2.05, 4.69) is 24.3 Å². The van der Waals surface area contributed by atoms with Crippen molar-refractivity contribution in [3.05, 3.63) is 0 Å². The molecule has 0 aromatic carbocycles. The average molecular weight is 242 g/mol. The van der Waals surface area contributed by atoms with Crippen LogP contribution in [-0.4, -0.2) is 49.7 Å². The van der Waals surface area contributed by atoms with E-state index >= 15 is 0 Å². The maximum Gasteiger partial charge on any atom is 0.320 e. The van der Waals surface area contributed by atoms with Gasteiger partial charge in [0.2, 0.25) is 0 Å². The second-order valence-corrected chi connectivity index (χ2v) is 5.47. The fourth-order valence-corrected chi connectivity index (χ4v) is 2.52. The summed E-state index contributed by atoms with van der Waals surface area (Å²) in [5, 5.41) is 3.24. The van der Waals surface area contributed by atoms with Crippen LogP contribution in [0.4, 0.5) is 0 Å².